The van der Waals surface area contributed by atoms with E-state index in [1.165, 1.54) is 19.2 Å². The van der Waals surface area contributed by atoms with Gasteiger partial charge in [-0.2, -0.15) is 0 Å². The highest BCUT2D eigenvalue weighted by atomic mass is 16.1. The molecule has 0 unspecified atom stereocenters. The second-order valence-corrected chi connectivity index (χ2v) is 8.47. The van der Waals surface area contributed by atoms with Crippen molar-refractivity contribution >= 4 is 27.6 Å². The Bertz CT molecular complexity index is 1510. The zero-order valence-electron chi connectivity index (χ0n) is 17.6. The number of nitrogens with two attached hydrogens (primary N) is 1. The van der Waals surface area contributed by atoms with E-state index in [-0.39, 0.29) is 5.56 Å². The van der Waals surface area contributed by atoms with Crippen LogP contribution in [0.1, 0.15) is 31.7 Å². The number of benzene rings is 2. The monoisotopic (exact) mass is 421 g/mol. The van der Waals surface area contributed by atoms with Gasteiger partial charge in [0, 0.05) is 35.1 Å². The summed E-state index contributed by atoms with van der Waals surface area (Å²) >= 11 is 0. The van der Waals surface area contributed by atoms with Gasteiger partial charge >= 0.3 is 0 Å². The van der Waals surface area contributed by atoms with Crippen LogP contribution in [0.2, 0.25) is 0 Å². The molecule has 2 N–H and O–H groups in total. The van der Waals surface area contributed by atoms with Crippen molar-refractivity contribution in [3.05, 3.63) is 83.7 Å². The lowest BCUT2D eigenvalue weighted by molar-refractivity contribution is 0.532. The van der Waals surface area contributed by atoms with E-state index in [0.29, 0.717) is 17.2 Å². The molecule has 0 radical (unpaired) electrons. The van der Waals surface area contributed by atoms with Gasteiger partial charge in [-0.1, -0.05) is 43.2 Å². The lowest BCUT2D eigenvalue weighted by atomic mass is 10.0. The maximum atomic E-state index is 13.4. The predicted octanol–water partition coefficient (Wildman–Crippen LogP) is 5.10. The molecule has 0 saturated heterocycles. The highest BCUT2D eigenvalue weighted by Gasteiger charge is 2.23. The minimum absolute atomic E-state index is 0.0423. The van der Waals surface area contributed by atoms with Crippen LogP contribution in [0.5, 0.6) is 0 Å². The summed E-state index contributed by atoms with van der Waals surface area (Å²) in [5.74, 6) is 0.469. The van der Waals surface area contributed by atoms with E-state index in [2.05, 4.69) is 26.8 Å². The Morgan fingerprint density at radius 1 is 0.969 bits per heavy atom. The fourth-order valence-electron chi connectivity index (χ4n) is 4.99. The first-order valence-corrected chi connectivity index (χ1v) is 11.0. The van der Waals surface area contributed by atoms with Gasteiger partial charge in [0.2, 0.25) is 0 Å². The van der Waals surface area contributed by atoms with Gasteiger partial charge in [0.1, 0.15) is 17.8 Å². The van der Waals surface area contributed by atoms with E-state index >= 15 is 0 Å². The Hall–Kier alpha value is -3.93. The fraction of sp³-hybridized carbons (Fsp3) is 0.192. The number of nitrogen functional groups attached to an aromatic ring is 1. The van der Waals surface area contributed by atoms with Crippen molar-refractivity contribution in [1.29, 1.82) is 0 Å². The van der Waals surface area contributed by atoms with Crippen LogP contribution in [0.25, 0.3) is 38.6 Å². The molecule has 1 saturated carbocycles. The SMILES string of the molecule is Nc1ncnc2c1c(-c1ccc3ccn(-c4ccccc4)c(=O)c3c1)cn2C1CCCC1. The van der Waals surface area contributed by atoms with E-state index in [9.17, 15) is 4.79 Å². The number of pyridine rings is 1. The first-order chi connectivity index (χ1) is 15.7. The van der Waals surface area contributed by atoms with Crippen LogP contribution < -0.4 is 11.3 Å². The Balaban J connectivity index is 1.57. The average molecular weight is 422 g/mol. The fourth-order valence-corrected chi connectivity index (χ4v) is 4.99. The zero-order chi connectivity index (χ0) is 21.7. The normalized spacial score (nSPS) is 14.5. The van der Waals surface area contributed by atoms with Crippen molar-refractivity contribution in [3.8, 4) is 16.8 Å². The summed E-state index contributed by atoms with van der Waals surface area (Å²) in [5, 5.41) is 2.44. The van der Waals surface area contributed by atoms with Gasteiger partial charge in [-0.15, -0.1) is 0 Å². The maximum Gasteiger partial charge on any atom is 0.262 e. The molecule has 6 rings (SSSR count). The van der Waals surface area contributed by atoms with Crippen LogP contribution in [0.4, 0.5) is 5.82 Å². The van der Waals surface area contributed by atoms with Crippen LogP contribution in [0.15, 0.2) is 78.1 Å². The second-order valence-electron chi connectivity index (χ2n) is 8.47. The summed E-state index contributed by atoms with van der Waals surface area (Å²) in [4.78, 5) is 22.2. The lowest BCUT2D eigenvalue weighted by Crippen LogP contribution is -2.17. The molecular weight excluding hydrogens is 398 g/mol. The Labute approximate surface area is 185 Å². The minimum atomic E-state index is -0.0423. The van der Waals surface area contributed by atoms with E-state index in [0.717, 1.165) is 46.1 Å². The molecule has 0 spiro atoms. The molecule has 3 heterocycles. The summed E-state index contributed by atoms with van der Waals surface area (Å²) in [6, 6.07) is 18.1. The number of para-hydroxylation sites is 1. The van der Waals surface area contributed by atoms with Crippen molar-refractivity contribution in [2.45, 2.75) is 31.7 Å². The molecule has 6 heteroatoms. The summed E-state index contributed by atoms with van der Waals surface area (Å²) in [6.45, 7) is 0. The summed E-state index contributed by atoms with van der Waals surface area (Å²) < 4.78 is 3.94. The standard InChI is InChI=1S/C26H23N5O/c27-24-23-22(15-31(20-8-4-5-9-20)25(23)29-16-28-24)18-11-10-17-12-13-30(26(32)21(17)14-18)19-6-2-1-3-7-19/h1-3,6-7,10-16,20H,4-5,8-9H2,(H2,27,28,29). The molecule has 0 atom stereocenters. The van der Waals surface area contributed by atoms with Crippen molar-refractivity contribution in [2.75, 3.05) is 5.73 Å². The smallest absolute Gasteiger partial charge is 0.262 e. The summed E-state index contributed by atoms with van der Waals surface area (Å²) in [6.07, 6.45) is 10.3. The third kappa shape index (κ3) is 2.91. The van der Waals surface area contributed by atoms with Gasteiger partial charge < -0.3 is 10.3 Å². The number of fused-ring (bicyclic) bond motifs is 2. The first-order valence-electron chi connectivity index (χ1n) is 11.0. The molecule has 3 aromatic heterocycles. The molecule has 1 aliphatic carbocycles. The molecular formula is C26H23N5O. The van der Waals surface area contributed by atoms with Gasteiger partial charge in [0.05, 0.1) is 5.39 Å². The number of hydrogen-bond donors (Lipinski definition) is 1. The maximum absolute atomic E-state index is 13.4. The summed E-state index contributed by atoms with van der Waals surface area (Å²) in [7, 11) is 0. The van der Waals surface area contributed by atoms with E-state index in [1.54, 1.807) is 4.57 Å². The third-order valence-electron chi connectivity index (χ3n) is 6.61. The van der Waals surface area contributed by atoms with Gasteiger partial charge in [0.25, 0.3) is 5.56 Å². The van der Waals surface area contributed by atoms with E-state index in [1.807, 2.05) is 54.7 Å². The molecule has 0 amide bonds. The molecule has 6 nitrogen and oxygen atoms in total. The van der Waals surface area contributed by atoms with Crippen LogP contribution in [0, 0.1) is 0 Å². The summed E-state index contributed by atoms with van der Waals surface area (Å²) in [5.41, 5.74) is 9.91. The number of hydrogen-bond acceptors (Lipinski definition) is 4. The highest BCUT2D eigenvalue weighted by molar-refractivity contribution is 6.02. The van der Waals surface area contributed by atoms with Crippen LogP contribution in [-0.4, -0.2) is 19.1 Å². The Morgan fingerprint density at radius 3 is 2.59 bits per heavy atom. The van der Waals surface area contributed by atoms with E-state index < -0.39 is 0 Å². The number of nitrogens with zero attached hydrogens (tertiary/aromatic N) is 4. The van der Waals surface area contributed by atoms with Crippen LogP contribution >= 0.6 is 0 Å². The topological polar surface area (TPSA) is 78.7 Å². The molecule has 1 fully saturated rings. The quantitative estimate of drug-likeness (QED) is 0.440. The lowest BCUT2D eigenvalue weighted by Gasteiger charge is -2.12. The van der Waals surface area contributed by atoms with Gasteiger partial charge in [-0.05, 0) is 48.1 Å². The molecule has 0 bridgehead atoms. The molecule has 1 aliphatic rings. The van der Waals surface area contributed by atoms with Crippen molar-refractivity contribution in [3.63, 3.8) is 0 Å². The first kappa shape index (κ1) is 18.8. The molecule has 0 aliphatic heterocycles. The number of rotatable bonds is 3. The number of aromatic nitrogens is 4. The van der Waals surface area contributed by atoms with Crippen molar-refractivity contribution in [2.24, 2.45) is 0 Å². The van der Waals surface area contributed by atoms with Crippen LogP contribution in [-0.2, 0) is 0 Å². The van der Waals surface area contributed by atoms with Gasteiger partial charge in [-0.3, -0.25) is 9.36 Å². The van der Waals surface area contributed by atoms with Gasteiger partial charge in [-0.25, -0.2) is 9.97 Å². The Kier molecular flexibility index (Phi) is 4.31. The van der Waals surface area contributed by atoms with Gasteiger partial charge in [0.15, 0.2) is 0 Å². The highest BCUT2D eigenvalue weighted by Crippen LogP contribution is 2.39. The number of anilines is 1. The largest absolute Gasteiger partial charge is 0.383 e. The molecule has 32 heavy (non-hydrogen) atoms. The average Bonchev–Trinajstić information content (AvgIpc) is 3.49. The van der Waals surface area contributed by atoms with Crippen molar-refractivity contribution < 1.29 is 0 Å². The molecule has 5 aromatic rings. The molecule has 158 valence electrons. The molecule has 2 aromatic carbocycles. The Morgan fingerprint density at radius 2 is 1.78 bits per heavy atom. The predicted molar refractivity (Wildman–Crippen MR) is 128 cm³/mol. The minimum Gasteiger partial charge on any atom is -0.383 e. The third-order valence-corrected chi connectivity index (χ3v) is 6.61. The second kappa shape index (κ2) is 7.34. The van der Waals surface area contributed by atoms with Crippen LogP contribution in [0.3, 0.4) is 0 Å². The van der Waals surface area contributed by atoms with E-state index in [4.69, 9.17) is 5.73 Å². The van der Waals surface area contributed by atoms with Crippen molar-refractivity contribution in [1.82, 2.24) is 19.1 Å². The zero-order valence-corrected chi connectivity index (χ0v) is 17.6.